The van der Waals surface area contributed by atoms with Crippen LogP contribution in [0, 0.1) is 5.41 Å². The van der Waals surface area contributed by atoms with Crippen molar-refractivity contribution >= 4 is 17.5 Å². The van der Waals surface area contributed by atoms with Crippen LogP contribution in [0.25, 0.3) is 0 Å². The Labute approximate surface area is 79.9 Å². The number of halogens is 1. The van der Waals surface area contributed by atoms with E-state index in [9.17, 15) is 4.79 Å². The molecule has 2 nitrogen and oxygen atoms in total. The monoisotopic (exact) mass is 191 g/mol. The topological polar surface area (TPSA) is 20.3 Å². The molecule has 0 saturated carbocycles. The highest BCUT2D eigenvalue weighted by Crippen LogP contribution is 2.16. The molecule has 0 radical (unpaired) electrons. The van der Waals surface area contributed by atoms with Gasteiger partial charge in [-0.05, 0) is 6.42 Å². The minimum atomic E-state index is -0.277. The van der Waals surface area contributed by atoms with Crippen LogP contribution in [0.3, 0.4) is 0 Å². The molecule has 0 aliphatic heterocycles. The van der Waals surface area contributed by atoms with Gasteiger partial charge in [0, 0.05) is 24.9 Å². The van der Waals surface area contributed by atoms with Crippen LogP contribution < -0.4 is 0 Å². The number of nitrogens with zero attached hydrogens (tertiary/aromatic N) is 1. The van der Waals surface area contributed by atoms with Crippen LogP contribution in [0.2, 0.25) is 0 Å². The SMILES string of the molecule is CN(CCCCl)C(=O)C(C)(C)C. The Hall–Kier alpha value is -0.240. The van der Waals surface area contributed by atoms with Gasteiger partial charge in [0.05, 0.1) is 0 Å². The number of alkyl halides is 1. The minimum Gasteiger partial charge on any atom is -0.345 e. The summed E-state index contributed by atoms with van der Waals surface area (Å²) in [4.78, 5) is 13.3. The minimum absolute atomic E-state index is 0.174. The number of carbonyl (C=O) groups excluding carboxylic acids is 1. The van der Waals surface area contributed by atoms with Gasteiger partial charge in [0.15, 0.2) is 0 Å². The fraction of sp³-hybridized carbons (Fsp3) is 0.889. The van der Waals surface area contributed by atoms with Crippen molar-refractivity contribution in [3.8, 4) is 0 Å². The first-order valence-corrected chi connectivity index (χ1v) is 4.74. The van der Waals surface area contributed by atoms with Crippen LogP contribution in [-0.4, -0.2) is 30.3 Å². The Morgan fingerprint density at radius 2 is 1.92 bits per heavy atom. The summed E-state index contributed by atoms with van der Waals surface area (Å²) in [6.45, 7) is 6.52. The summed E-state index contributed by atoms with van der Waals surface area (Å²) in [6.07, 6.45) is 0.861. The molecule has 0 heterocycles. The maximum Gasteiger partial charge on any atom is 0.227 e. The molecule has 0 aromatic carbocycles. The highest BCUT2D eigenvalue weighted by atomic mass is 35.5. The first kappa shape index (κ1) is 11.8. The normalized spacial score (nSPS) is 11.4. The van der Waals surface area contributed by atoms with Crippen molar-refractivity contribution in [2.75, 3.05) is 19.5 Å². The quantitative estimate of drug-likeness (QED) is 0.626. The van der Waals surface area contributed by atoms with Gasteiger partial charge in [0.25, 0.3) is 0 Å². The largest absolute Gasteiger partial charge is 0.345 e. The molecular formula is C9H18ClNO. The van der Waals surface area contributed by atoms with E-state index < -0.39 is 0 Å². The van der Waals surface area contributed by atoms with Crippen molar-refractivity contribution in [2.45, 2.75) is 27.2 Å². The molecule has 0 rings (SSSR count). The number of hydrogen-bond donors (Lipinski definition) is 0. The van der Waals surface area contributed by atoms with E-state index >= 15 is 0 Å². The highest BCUT2D eigenvalue weighted by Gasteiger charge is 2.24. The van der Waals surface area contributed by atoms with Crippen LogP contribution in [0.5, 0.6) is 0 Å². The van der Waals surface area contributed by atoms with Crippen LogP contribution in [0.1, 0.15) is 27.2 Å². The maximum atomic E-state index is 11.6. The van der Waals surface area contributed by atoms with Crippen LogP contribution >= 0.6 is 11.6 Å². The third-order valence-corrected chi connectivity index (χ3v) is 1.88. The van der Waals surface area contributed by atoms with E-state index in [0.717, 1.165) is 13.0 Å². The van der Waals surface area contributed by atoms with Gasteiger partial charge >= 0.3 is 0 Å². The summed E-state index contributed by atoms with van der Waals surface area (Å²) >= 11 is 5.53. The fourth-order valence-electron chi connectivity index (χ4n) is 0.971. The van der Waals surface area contributed by atoms with E-state index in [1.807, 2.05) is 27.8 Å². The third-order valence-electron chi connectivity index (χ3n) is 1.62. The summed E-state index contributed by atoms with van der Waals surface area (Å²) in [5.41, 5.74) is -0.277. The summed E-state index contributed by atoms with van der Waals surface area (Å²) in [5.74, 6) is 0.787. The summed E-state index contributed by atoms with van der Waals surface area (Å²) < 4.78 is 0. The highest BCUT2D eigenvalue weighted by molar-refractivity contribution is 6.17. The van der Waals surface area contributed by atoms with Gasteiger partial charge in [-0.3, -0.25) is 4.79 Å². The van der Waals surface area contributed by atoms with E-state index in [4.69, 9.17) is 11.6 Å². The zero-order chi connectivity index (χ0) is 9.78. The smallest absolute Gasteiger partial charge is 0.227 e. The molecule has 72 valence electrons. The molecule has 1 amide bonds. The summed E-state index contributed by atoms with van der Waals surface area (Å²) in [6, 6.07) is 0. The Morgan fingerprint density at radius 1 is 1.42 bits per heavy atom. The molecule has 0 bridgehead atoms. The third kappa shape index (κ3) is 3.96. The van der Waals surface area contributed by atoms with Gasteiger partial charge in [-0.25, -0.2) is 0 Å². The second-order valence-corrected chi connectivity index (χ2v) is 4.40. The molecule has 0 fully saturated rings. The molecule has 0 N–H and O–H groups in total. The number of hydrogen-bond acceptors (Lipinski definition) is 1. The van der Waals surface area contributed by atoms with E-state index in [1.54, 1.807) is 4.90 Å². The number of rotatable bonds is 3. The van der Waals surface area contributed by atoms with Crippen LogP contribution in [0.4, 0.5) is 0 Å². The van der Waals surface area contributed by atoms with Gasteiger partial charge in [-0.1, -0.05) is 20.8 Å². The van der Waals surface area contributed by atoms with E-state index in [2.05, 4.69) is 0 Å². The molecule has 0 unspecified atom stereocenters. The lowest BCUT2D eigenvalue weighted by atomic mass is 9.95. The summed E-state index contributed by atoms with van der Waals surface area (Å²) in [7, 11) is 1.82. The van der Waals surface area contributed by atoms with Gasteiger partial charge < -0.3 is 4.90 Å². The van der Waals surface area contributed by atoms with Crippen molar-refractivity contribution < 1.29 is 4.79 Å². The first-order chi connectivity index (χ1) is 5.39. The van der Waals surface area contributed by atoms with Crippen LogP contribution in [-0.2, 0) is 4.79 Å². The predicted molar refractivity (Wildman–Crippen MR) is 52.4 cm³/mol. The second kappa shape index (κ2) is 4.70. The molecule has 3 heteroatoms. The second-order valence-electron chi connectivity index (χ2n) is 4.02. The van der Waals surface area contributed by atoms with E-state index in [1.165, 1.54) is 0 Å². The Morgan fingerprint density at radius 3 is 2.25 bits per heavy atom. The molecule has 0 atom stereocenters. The molecular weight excluding hydrogens is 174 g/mol. The molecule has 12 heavy (non-hydrogen) atoms. The molecule has 0 aliphatic carbocycles. The van der Waals surface area contributed by atoms with Crippen molar-refractivity contribution in [1.29, 1.82) is 0 Å². The van der Waals surface area contributed by atoms with Gasteiger partial charge in [0.1, 0.15) is 0 Å². The van der Waals surface area contributed by atoms with Gasteiger partial charge in [-0.2, -0.15) is 0 Å². The van der Waals surface area contributed by atoms with Crippen molar-refractivity contribution in [2.24, 2.45) is 5.41 Å². The summed E-state index contributed by atoms with van der Waals surface area (Å²) in [5, 5.41) is 0. The standard InChI is InChI=1S/C9H18ClNO/c1-9(2,3)8(12)11(4)7-5-6-10/h5-7H2,1-4H3. The molecule has 0 saturated heterocycles. The average Bonchev–Trinajstić information content (AvgIpc) is 1.97. The van der Waals surface area contributed by atoms with E-state index in [0.29, 0.717) is 5.88 Å². The lowest BCUT2D eigenvalue weighted by Crippen LogP contribution is -2.37. The molecule has 0 aromatic heterocycles. The fourth-order valence-corrected chi connectivity index (χ4v) is 1.09. The Balaban J connectivity index is 3.94. The van der Waals surface area contributed by atoms with Gasteiger partial charge in [0.2, 0.25) is 5.91 Å². The van der Waals surface area contributed by atoms with Crippen molar-refractivity contribution in [3.05, 3.63) is 0 Å². The number of carbonyl (C=O) groups is 1. The lowest BCUT2D eigenvalue weighted by Gasteiger charge is -2.25. The first-order valence-electron chi connectivity index (χ1n) is 4.21. The van der Waals surface area contributed by atoms with Crippen LogP contribution in [0.15, 0.2) is 0 Å². The van der Waals surface area contributed by atoms with Crippen molar-refractivity contribution in [3.63, 3.8) is 0 Å². The van der Waals surface area contributed by atoms with Crippen molar-refractivity contribution in [1.82, 2.24) is 4.90 Å². The van der Waals surface area contributed by atoms with Gasteiger partial charge in [-0.15, -0.1) is 11.6 Å². The Bertz CT molecular complexity index is 151. The maximum absolute atomic E-state index is 11.6. The zero-order valence-corrected chi connectivity index (χ0v) is 9.11. The molecule has 0 aliphatic rings. The molecule has 0 aromatic rings. The number of amides is 1. The van der Waals surface area contributed by atoms with E-state index in [-0.39, 0.29) is 11.3 Å². The predicted octanol–water partition coefficient (Wildman–Crippen LogP) is 2.12. The zero-order valence-electron chi connectivity index (χ0n) is 8.35. The molecule has 0 spiro atoms. The average molecular weight is 192 g/mol. The lowest BCUT2D eigenvalue weighted by molar-refractivity contribution is -0.138. The Kier molecular flexibility index (Phi) is 4.61.